The van der Waals surface area contributed by atoms with E-state index in [9.17, 15) is 0 Å². The van der Waals surface area contributed by atoms with Crippen molar-refractivity contribution >= 4 is 0 Å². The summed E-state index contributed by atoms with van der Waals surface area (Å²) in [5, 5.41) is 7.40. The zero-order valence-electron chi connectivity index (χ0n) is 8.75. The lowest BCUT2D eigenvalue weighted by molar-refractivity contribution is 0.475. The maximum atomic E-state index is 4.13. The van der Waals surface area contributed by atoms with E-state index in [1.807, 2.05) is 16.9 Å². The Balaban J connectivity index is 0.000000184. The first-order chi connectivity index (χ1) is 6.20. The van der Waals surface area contributed by atoms with Crippen LogP contribution < -0.4 is 5.32 Å². The largest absolute Gasteiger partial charge is 0.309 e. The van der Waals surface area contributed by atoms with Gasteiger partial charge in [0, 0.05) is 19.3 Å². The van der Waals surface area contributed by atoms with E-state index in [4.69, 9.17) is 0 Å². The Morgan fingerprint density at radius 3 is 2.77 bits per heavy atom. The Kier molecular flexibility index (Phi) is 3.96. The van der Waals surface area contributed by atoms with Gasteiger partial charge in [0.25, 0.3) is 0 Å². The molecule has 0 radical (unpaired) electrons. The molecule has 3 nitrogen and oxygen atoms in total. The predicted molar refractivity (Wildman–Crippen MR) is 54.4 cm³/mol. The van der Waals surface area contributed by atoms with Crippen molar-refractivity contribution in [2.75, 3.05) is 6.54 Å². The van der Waals surface area contributed by atoms with Crippen LogP contribution in [0.25, 0.3) is 0 Å². The molecule has 1 N–H and O–H groups in total. The molecule has 0 saturated heterocycles. The highest BCUT2D eigenvalue weighted by Crippen LogP contribution is 2.00. The Morgan fingerprint density at radius 2 is 2.15 bits per heavy atom. The summed E-state index contributed by atoms with van der Waals surface area (Å²) in [6.45, 7) is 9.54. The van der Waals surface area contributed by atoms with Gasteiger partial charge in [0.1, 0.15) is 0 Å². The first kappa shape index (κ1) is 10.3. The third-order valence-corrected chi connectivity index (χ3v) is 1.61. The second-order valence-corrected chi connectivity index (χ2v) is 3.95. The highest BCUT2D eigenvalue weighted by Gasteiger charge is 2.05. The number of aromatic nitrogens is 2. The second-order valence-electron chi connectivity index (χ2n) is 3.95. The molecule has 2 rings (SSSR count). The Hall–Kier alpha value is -0.830. The third kappa shape index (κ3) is 3.59. The van der Waals surface area contributed by atoms with Gasteiger partial charge in [0.05, 0.1) is 12.2 Å². The summed E-state index contributed by atoms with van der Waals surface area (Å²) in [7, 11) is 0. The van der Waals surface area contributed by atoms with Crippen LogP contribution in [0.5, 0.6) is 0 Å². The Morgan fingerprint density at radius 1 is 1.46 bits per heavy atom. The van der Waals surface area contributed by atoms with E-state index < -0.39 is 0 Å². The summed E-state index contributed by atoms with van der Waals surface area (Å²) >= 11 is 0. The molecule has 3 heteroatoms. The maximum absolute atomic E-state index is 4.13. The van der Waals surface area contributed by atoms with Gasteiger partial charge < -0.3 is 5.32 Å². The predicted octanol–water partition coefficient (Wildman–Crippen LogP) is 1.65. The molecule has 0 bridgehead atoms. The van der Waals surface area contributed by atoms with Gasteiger partial charge in [-0.2, -0.15) is 5.10 Å². The third-order valence-electron chi connectivity index (χ3n) is 1.61. The highest BCUT2D eigenvalue weighted by atomic mass is 15.3. The van der Waals surface area contributed by atoms with Crippen molar-refractivity contribution in [3.05, 3.63) is 18.0 Å². The van der Waals surface area contributed by atoms with E-state index in [0.717, 1.165) is 25.6 Å². The first-order valence-electron chi connectivity index (χ1n) is 4.91. The number of hydrogen-bond acceptors (Lipinski definition) is 2. The fraction of sp³-hybridized carbons (Fsp3) is 0.700. The van der Waals surface area contributed by atoms with Crippen LogP contribution in [0.2, 0.25) is 0 Å². The lowest BCUT2D eigenvalue weighted by Gasteiger charge is -2.13. The van der Waals surface area contributed by atoms with E-state index in [0.29, 0.717) is 0 Å². The fourth-order valence-corrected chi connectivity index (χ4v) is 1.11. The molecule has 1 aliphatic rings. The lowest BCUT2D eigenvalue weighted by atomic mass is 10.3. The minimum atomic E-state index is 0.833. The smallest absolute Gasteiger partial charge is 0.0537 e. The zero-order chi connectivity index (χ0) is 9.68. The monoisotopic (exact) mass is 181 g/mol. The molecule has 0 aromatic carbocycles. The lowest BCUT2D eigenvalue weighted by Crippen LogP contribution is -2.28. The molecule has 74 valence electrons. The number of nitrogens with zero attached hydrogens (tertiary/aromatic N) is 2. The van der Waals surface area contributed by atoms with Crippen molar-refractivity contribution in [3.8, 4) is 0 Å². The van der Waals surface area contributed by atoms with E-state index in [-0.39, 0.29) is 0 Å². The molecule has 0 aliphatic carbocycles. The summed E-state index contributed by atoms with van der Waals surface area (Å²) in [6, 6.07) is 2.05. The summed E-state index contributed by atoms with van der Waals surface area (Å²) in [6.07, 6.45) is 1.85. The van der Waals surface area contributed by atoms with Crippen molar-refractivity contribution in [2.45, 2.75) is 33.9 Å². The average Bonchev–Trinajstić information content (AvgIpc) is 2.49. The van der Waals surface area contributed by atoms with Crippen LogP contribution in [0, 0.1) is 5.92 Å². The molecule has 1 aliphatic heterocycles. The van der Waals surface area contributed by atoms with Crippen LogP contribution in [0.3, 0.4) is 0 Å². The fourth-order valence-electron chi connectivity index (χ4n) is 1.11. The Bertz CT molecular complexity index is 217. The van der Waals surface area contributed by atoms with Crippen LogP contribution in [0.15, 0.2) is 12.3 Å². The topological polar surface area (TPSA) is 29.9 Å². The van der Waals surface area contributed by atoms with Gasteiger partial charge >= 0.3 is 0 Å². The summed E-state index contributed by atoms with van der Waals surface area (Å²) in [5.74, 6) is 0.833. The highest BCUT2D eigenvalue weighted by molar-refractivity contribution is 5.01. The summed E-state index contributed by atoms with van der Waals surface area (Å²) < 4.78 is 2.04. The molecule has 1 aromatic heterocycles. The first-order valence-corrected chi connectivity index (χ1v) is 4.91. The van der Waals surface area contributed by atoms with Crippen LogP contribution in [0.1, 0.15) is 26.5 Å². The number of fused-ring (bicyclic) bond motifs is 1. The van der Waals surface area contributed by atoms with E-state index in [2.05, 4.69) is 31.2 Å². The number of nitrogens with one attached hydrogen (secondary N) is 1. The van der Waals surface area contributed by atoms with E-state index in [1.54, 1.807) is 0 Å². The SMILES string of the molecule is CC(C)C.c1cc2n(n1)CCNC2. The van der Waals surface area contributed by atoms with Crippen molar-refractivity contribution in [3.63, 3.8) is 0 Å². The van der Waals surface area contributed by atoms with Gasteiger partial charge in [-0.15, -0.1) is 0 Å². The van der Waals surface area contributed by atoms with Crippen molar-refractivity contribution in [2.24, 2.45) is 5.92 Å². The van der Waals surface area contributed by atoms with Crippen molar-refractivity contribution in [1.82, 2.24) is 15.1 Å². The van der Waals surface area contributed by atoms with Crippen molar-refractivity contribution in [1.29, 1.82) is 0 Å². The molecule has 0 fully saturated rings. The van der Waals surface area contributed by atoms with Gasteiger partial charge in [0.15, 0.2) is 0 Å². The quantitative estimate of drug-likeness (QED) is 0.659. The van der Waals surface area contributed by atoms with Gasteiger partial charge in [-0.05, 0) is 12.0 Å². The van der Waals surface area contributed by atoms with Crippen LogP contribution in [-0.4, -0.2) is 16.3 Å². The van der Waals surface area contributed by atoms with Gasteiger partial charge in [-0.1, -0.05) is 20.8 Å². The normalized spacial score (nSPS) is 14.8. The van der Waals surface area contributed by atoms with Crippen LogP contribution >= 0.6 is 0 Å². The molecule has 0 saturated carbocycles. The van der Waals surface area contributed by atoms with E-state index >= 15 is 0 Å². The van der Waals surface area contributed by atoms with Crippen LogP contribution in [0.4, 0.5) is 0 Å². The molecule has 13 heavy (non-hydrogen) atoms. The summed E-state index contributed by atoms with van der Waals surface area (Å²) in [4.78, 5) is 0. The Labute approximate surface area is 80.1 Å². The molecule has 0 unspecified atom stereocenters. The zero-order valence-corrected chi connectivity index (χ0v) is 8.75. The number of rotatable bonds is 0. The molecular weight excluding hydrogens is 162 g/mol. The minimum Gasteiger partial charge on any atom is -0.309 e. The molecular formula is C10H19N3. The summed E-state index contributed by atoms with van der Waals surface area (Å²) in [5.41, 5.74) is 1.29. The average molecular weight is 181 g/mol. The maximum Gasteiger partial charge on any atom is 0.0537 e. The van der Waals surface area contributed by atoms with Gasteiger partial charge in [-0.25, -0.2) is 0 Å². The molecule has 2 heterocycles. The van der Waals surface area contributed by atoms with Crippen molar-refractivity contribution < 1.29 is 0 Å². The molecule has 0 atom stereocenters. The molecule has 0 amide bonds. The molecule has 0 spiro atoms. The standard InChI is InChI=1S/C6H9N3.C4H10/c1-2-8-9-4-3-7-5-6(1)9;1-4(2)3/h1-2,7H,3-5H2;4H,1-3H3. The second kappa shape index (κ2) is 5.02. The minimum absolute atomic E-state index is 0.833. The molecule has 1 aromatic rings. The van der Waals surface area contributed by atoms with Crippen LogP contribution in [-0.2, 0) is 13.1 Å². The van der Waals surface area contributed by atoms with Gasteiger partial charge in [-0.3, -0.25) is 4.68 Å². The number of hydrogen-bond donors (Lipinski definition) is 1. The van der Waals surface area contributed by atoms with Gasteiger partial charge in [0.2, 0.25) is 0 Å². The van der Waals surface area contributed by atoms with E-state index in [1.165, 1.54) is 5.69 Å².